The van der Waals surface area contributed by atoms with Crippen LogP contribution in [0.2, 0.25) is 0 Å². The van der Waals surface area contributed by atoms with Crippen LogP contribution in [0, 0.1) is 10.8 Å². The van der Waals surface area contributed by atoms with Gasteiger partial charge in [0.1, 0.15) is 0 Å². The Morgan fingerprint density at radius 1 is 0.571 bits per heavy atom. The molecule has 0 aromatic heterocycles. The Bertz CT molecular complexity index is 341. The molecule has 0 heterocycles. The molecule has 2 aliphatic rings. The van der Waals surface area contributed by atoms with Crippen LogP contribution in [-0.4, -0.2) is 37.7 Å². The zero-order chi connectivity index (χ0) is 20.0. The van der Waals surface area contributed by atoms with Gasteiger partial charge in [-0.1, -0.05) is 86.8 Å². The third kappa shape index (κ3) is 9.18. The average Bonchev–Trinajstić information content (AvgIpc) is 2.76. The predicted molar refractivity (Wildman–Crippen MR) is 132 cm³/mol. The second kappa shape index (κ2) is 14.6. The Labute approximate surface area is 184 Å². The van der Waals surface area contributed by atoms with Gasteiger partial charge in [-0.3, -0.25) is 0 Å². The molecule has 2 rings (SSSR count). The van der Waals surface area contributed by atoms with Crippen molar-refractivity contribution < 1.29 is 0 Å². The van der Waals surface area contributed by atoms with E-state index in [0.717, 1.165) is 0 Å². The highest BCUT2D eigenvalue weighted by Gasteiger charge is 2.30. The van der Waals surface area contributed by atoms with Crippen molar-refractivity contribution in [3.05, 3.63) is 0 Å². The number of hydrogen-bond donors (Lipinski definition) is 2. The molecule has 0 aromatic carbocycles. The summed E-state index contributed by atoms with van der Waals surface area (Å²) in [5.74, 6) is 2.48. The van der Waals surface area contributed by atoms with Crippen molar-refractivity contribution in [1.29, 1.82) is 0 Å². The zero-order valence-corrected chi connectivity index (χ0v) is 20.6. The Balaban J connectivity index is 1.37. The highest BCUT2D eigenvalue weighted by molar-refractivity contribution is 8.76. The molecule has 0 bridgehead atoms. The van der Waals surface area contributed by atoms with Crippen LogP contribution in [0.3, 0.4) is 0 Å². The molecule has 0 aliphatic heterocycles. The first-order valence-electron chi connectivity index (χ1n) is 12.4. The number of hydrogen-bond acceptors (Lipinski definition) is 4. The van der Waals surface area contributed by atoms with E-state index in [2.05, 4.69) is 24.5 Å². The van der Waals surface area contributed by atoms with Crippen LogP contribution < -0.4 is 10.6 Å². The molecule has 0 saturated heterocycles. The molecule has 2 fully saturated rings. The molecule has 2 nitrogen and oxygen atoms in total. The molecule has 28 heavy (non-hydrogen) atoms. The Morgan fingerprint density at radius 3 is 1.32 bits per heavy atom. The third-order valence-corrected chi connectivity index (χ3v) is 10.2. The van der Waals surface area contributed by atoms with Gasteiger partial charge in [0, 0.05) is 24.6 Å². The van der Waals surface area contributed by atoms with Crippen molar-refractivity contribution >= 4 is 21.6 Å². The summed E-state index contributed by atoms with van der Waals surface area (Å²) in [7, 11) is 4.10. The summed E-state index contributed by atoms with van der Waals surface area (Å²) in [6.07, 6.45) is 20.2. The normalized spacial score (nSPS) is 21.6. The van der Waals surface area contributed by atoms with Crippen molar-refractivity contribution in [2.75, 3.05) is 37.7 Å². The first kappa shape index (κ1) is 24.9. The van der Waals surface area contributed by atoms with Crippen molar-refractivity contribution in [3.8, 4) is 0 Å². The summed E-state index contributed by atoms with van der Waals surface area (Å²) in [5.41, 5.74) is 1.35. The molecule has 2 N–H and O–H groups in total. The molecule has 0 amide bonds. The van der Waals surface area contributed by atoms with Gasteiger partial charge in [-0.15, -0.1) is 0 Å². The summed E-state index contributed by atoms with van der Waals surface area (Å²) < 4.78 is 0. The molecular weight excluding hydrogens is 380 g/mol. The summed E-state index contributed by atoms with van der Waals surface area (Å²) in [6, 6.07) is 0. The predicted octanol–water partition coefficient (Wildman–Crippen LogP) is 7.05. The van der Waals surface area contributed by atoms with Gasteiger partial charge in [0.05, 0.1) is 0 Å². The monoisotopic (exact) mass is 428 g/mol. The lowest BCUT2D eigenvalue weighted by Crippen LogP contribution is -2.29. The lowest BCUT2D eigenvalue weighted by atomic mass is 9.70. The van der Waals surface area contributed by atoms with E-state index in [4.69, 9.17) is 0 Å². The van der Waals surface area contributed by atoms with Crippen molar-refractivity contribution in [1.82, 2.24) is 10.6 Å². The van der Waals surface area contributed by atoms with Gasteiger partial charge in [-0.2, -0.15) is 0 Å². The largest absolute Gasteiger partial charge is 0.316 e. The second-order valence-electron chi connectivity index (χ2n) is 9.47. The van der Waals surface area contributed by atoms with Crippen LogP contribution in [-0.2, 0) is 0 Å². The van der Waals surface area contributed by atoms with Crippen LogP contribution in [0.15, 0.2) is 0 Å². The summed E-state index contributed by atoms with van der Waals surface area (Å²) in [6.45, 7) is 9.60. The van der Waals surface area contributed by atoms with Gasteiger partial charge in [0.15, 0.2) is 0 Å². The Morgan fingerprint density at radius 2 is 0.964 bits per heavy atom. The zero-order valence-electron chi connectivity index (χ0n) is 19.0. The fourth-order valence-corrected chi connectivity index (χ4v) is 7.36. The maximum Gasteiger partial charge on any atom is 0.0162 e. The maximum absolute atomic E-state index is 3.70. The van der Waals surface area contributed by atoms with Crippen LogP contribution in [0.1, 0.15) is 104 Å². The van der Waals surface area contributed by atoms with Crippen LogP contribution in [0.4, 0.5) is 0 Å². The Hall–Kier alpha value is 0.620. The van der Waals surface area contributed by atoms with E-state index in [1.165, 1.54) is 128 Å². The topological polar surface area (TPSA) is 24.1 Å². The molecular formula is C24H48N2S2. The molecule has 0 aromatic rings. The molecule has 0 atom stereocenters. The van der Waals surface area contributed by atoms with Crippen LogP contribution >= 0.6 is 21.6 Å². The van der Waals surface area contributed by atoms with E-state index < -0.39 is 0 Å². The lowest BCUT2D eigenvalue weighted by Gasteiger charge is -2.36. The molecule has 2 saturated carbocycles. The van der Waals surface area contributed by atoms with Crippen molar-refractivity contribution in [3.63, 3.8) is 0 Å². The highest BCUT2D eigenvalue weighted by Crippen LogP contribution is 2.42. The molecule has 0 spiro atoms. The summed E-state index contributed by atoms with van der Waals surface area (Å²) in [4.78, 5) is 0. The van der Waals surface area contributed by atoms with Crippen molar-refractivity contribution in [2.24, 2.45) is 10.8 Å². The summed E-state index contributed by atoms with van der Waals surface area (Å²) >= 11 is 0. The fraction of sp³-hybridized carbons (Fsp3) is 1.00. The van der Waals surface area contributed by atoms with Gasteiger partial charge in [-0.05, 0) is 62.4 Å². The van der Waals surface area contributed by atoms with Gasteiger partial charge >= 0.3 is 0 Å². The van der Waals surface area contributed by atoms with E-state index in [1.807, 2.05) is 21.6 Å². The minimum Gasteiger partial charge on any atom is -0.316 e. The Kier molecular flexibility index (Phi) is 13.0. The van der Waals surface area contributed by atoms with E-state index in [-0.39, 0.29) is 0 Å². The van der Waals surface area contributed by atoms with E-state index in [0.29, 0.717) is 10.8 Å². The van der Waals surface area contributed by atoms with Gasteiger partial charge < -0.3 is 10.6 Å². The summed E-state index contributed by atoms with van der Waals surface area (Å²) in [5, 5.41) is 7.40. The molecule has 166 valence electrons. The SMILES string of the molecule is CCC1(CCNCCSSCCNCCC2(CC)CCCCC2)CCCCC1. The first-order chi connectivity index (χ1) is 13.7. The lowest BCUT2D eigenvalue weighted by molar-refractivity contribution is 0.164. The van der Waals surface area contributed by atoms with Gasteiger partial charge in [0.2, 0.25) is 0 Å². The molecule has 2 aliphatic carbocycles. The van der Waals surface area contributed by atoms with Gasteiger partial charge in [-0.25, -0.2) is 0 Å². The second-order valence-corrected chi connectivity index (χ2v) is 12.2. The van der Waals surface area contributed by atoms with E-state index in [9.17, 15) is 0 Å². The molecule has 0 unspecified atom stereocenters. The van der Waals surface area contributed by atoms with E-state index in [1.54, 1.807) is 0 Å². The molecule has 4 heteroatoms. The maximum atomic E-state index is 3.70. The minimum atomic E-state index is 0.673. The highest BCUT2D eigenvalue weighted by atomic mass is 33.1. The van der Waals surface area contributed by atoms with Crippen molar-refractivity contribution in [2.45, 2.75) is 104 Å². The van der Waals surface area contributed by atoms with Gasteiger partial charge in [0.25, 0.3) is 0 Å². The van der Waals surface area contributed by atoms with E-state index >= 15 is 0 Å². The van der Waals surface area contributed by atoms with Crippen LogP contribution in [0.5, 0.6) is 0 Å². The standard InChI is InChI=1S/C24H48N2S2/c1-3-23(11-7-5-8-12-23)15-17-25-19-21-27-28-22-20-26-18-16-24(4-2)13-9-6-10-14-24/h25-26H,3-22H2,1-2H3. The average molecular weight is 429 g/mol. The first-order valence-corrected chi connectivity index (χ1v) is 14.9. The minimum absolute atomic E-state index is 0.673. The fourth-order valence-electron chi connectivity index (χ4n) is 5.47. The van der Waals surface area contributed by atoms with Crippen LogP contribution in [0.25, 0.3) is 0 Å². The smallest absolute Gasteiger partial charge is 0.0162 e. The number of rotatable bonds is 15. The number of nitrogens with one attached hydrogen (secondary N) is 2. The quantitative estimate of drug-likeness (QED) is 0.215. The third-order valence-electron chi connectivity index (χ3n) is 7.80. The molecule has 0 radical (unpaired) electrons.